The van der Waals surface area contributed by atoms with Crippen molar-refractivity contribution in [2.24, 2.45) is 0 Å². The Morgan fingerprint density at radius 1 is 0.385 bits per heavy atom. The van der Waals surface area contributed by atoms with Crippen molar-refractivity contribution in [1.29, 1.82) is 0 Å². The summed E-state index contributed by atoms with van der Waals surface area (Å²) in [6.45, 7) is 0. The van der Waals surface area contributed by atoms with Crippen molar-refractivity contribution in [2.75, 3.05) is 0 Å². The molecule has 2 aliphatic rings. The third-order valence-electron chi connectivity index (χ3n) is 8.57. The summed E-state index contributed by atoms with van der Waals surface area (Å²) in [5.74, 6) is 0. The van der Waals surface area contributed by atoms with Crippen molar-refractivity contribution in [1.82, 2.24) is 0 Å². The molecular formula is C37H25OP. The normalized spacial score (nSPS) is 13.9. The van der Waals surface area contributed by atoms with Gasteiger partial charge in [-0.25, -0.2) is 0 Å². The van der Waals surface area contributed by atoms with E-state index in [1.165, 1.54) is 38.9 Å². The minimum absolute atomic E-state index is 0.547. The van der Waals surface area contributed by atoms with E-state index in [1.54, 1.807) is 0 Å². The largest absolute Gasteiger partial charge is 0.309 e. The second kappa shape index (κ2) is 8.27. The molecule has 2 heteroatoms. The summed E-state index contributed by atoms with van der Waals surface area (Å²) < 4.78 is 15.9. The number of hydrogen-bond acceptors (Lipinski definition) is 1. The molecule has 0 N–H and O–H groups in total. The van der Waals surface area contributed by atoms with Gasteiger partial charge >= 0.3 is 0 Å². The van der Waals surface area contributed by atoms with Gasteiger partial charge in [0.15, 0.2) is 7.14 Å². The van der Waals surface area contributed by atoms with Gasteiger partial charge in [0.05, 0.1) is 5.41 Å². The molecule has 0 heterocycles. The summed E-state index contributed by atoms with van der Waals surface area (Å²) >= 11 is 0. The predicted octanol–water partition coefficient (Wildman–Crippen LogP) is 7.67. The van der Waals surface area contributed by atoms with Crippen molar-refractivity contribution < 1.29 is 4.57 Å². The second-order valence-electron chi connectivity index (χ2n) is 10.4. The Bertz CT molecular complexity index is 1830. The van der Waals surface area contributed by atoms with Crippen LogP contribution in [0.2, 0.25) is 0 Å². The number of hydrogen-bond donors (Lipinski definition) is 0. The molecular weight excluding hydrogens is 491 g/mol. The van der Waals surface area contributed by atoms with E-state index < -0.39 is 12.6 Å². The van der Waals surface area contributed by atoms with Crippen LogP contribution in [0.4, 0.5) is 0 Å². The van der Waals surface area contributed by atoms with E-state index in [2.05, 4.69) is 91.0 Å². The molecule has 6 aromatic rings. The molecule has 0 saturated heterocycles. The third kappa shape index (κ3) is 2.83. The molecule has 1 nitrogen and oxygen atoms in total. The first-order valence-electron chi connectivity index (χ1n) is 13.4. The average molecular weight is 517 g/mol. The molecule has 0 bridgehead atoms. The van der Waals surface area contributed by atoms with Crippen molar-refractivity contribution in [3.8, 4) is 22.3 Å². The molecule has 0 fully saturated rings. The lowest BCUT2D eigenvalue weighted by Gasteiger charge is -2.34. The summed E-state index contributed by atoms with van der Waals surface area (Å²) in [4.78, 5) is 0. The molecule has 0 aromatic heterocycles. The van der Waals surface area contributed by atoms with E-state index in [9.17, 15) is 0 Å². The SMILES string of the molecule is O=P(c1ccccc1)(c1ccccc1)c1cccc2c1C1(c3ccccc3-c3ccccc31)c1ccccc1-2. The molecule has 0 unspecified atom stereocenters. The Balaban J connectivity index is 1.58. The fraction of sp³-hybridized carbons (Fsp3) is 0.0270. The minimum atomic E-state index is -3.25. The quantitative estimate of drug-likeness (QED) is 0.220. The van der Waals surface area contributed by atoms with E-state index in [1.807, 2.05) is 60.7 Å². The van der Waals surface area contributed by atoms with Gasteiger partial charge in [0.2, 0.25) is 0 Å². The van der Waals surface area contributed by atoms with Gasteiger partial charge in [0, 0.05) is 15.9 Å². The van der Waals surface area contributed by atoms with Crippen molar-refractivity contribution >= 4 is 23.1 Å². The highest BCUT2D eigenvalue weighted by atomic mass is 31.2. The van der Waals surface area contributed by atoms with Crippen LogP contribution in [0, 0.1) is 0 Å². The van der Waals surface area contributed by atoms with Gasteiger partial charge in [-0.05, 0) is 44.5 Å². The highest BCUT2D eigenvalue weighted by molar-refractivity contribution is 7.85. The highest BCUT2D eigenvalue weighted by Crippen LogP contribution is 2.64. The highest BCUT2D eigenvalue weighted by Gasteiger charge is 2.54. The minimum Gasteiger partial charge on any atom is -0.309 e. The van der Waals surface area contributed by atoms with Crippen LogP contribution >= 0.6 is 7.14 Å². The number of rotatable bonds is 3. The molecule has 0 saturated carbocycles. The van der Waals surface area contributed by atoms with Crippen molar-refractivity contribution in [3.63, 3.8) is 0 Å². The van der Waals surface area contributed by atoms with Gasteiger partial charge < -0.3 is 4.57 Å². The van der Waals surface area contributed by atoms with Gasteiger partial charge in [-0.3, -0.25) is 0 Å². The van der Waals surface area contributed by atoms with Crippen molar-refractivity contribution in [3.05, 3.63) is 174 Å². The summed E-state index contributed by atoms with van der Waals surface area (Å²) in [7, 11) is -3.25. The first-order valence-corrected chi connectivity index (χ1v) is 15.1. The van der Waals surface area contributed by atoms with Gasteiger partial charge in [0.25, 0.3) is 0 Å². The van der Waals surface area contributed by atoms with Crippen LogP contribution < -0.4 is 15.9 Å². The lowest BCUT2D eigenvalue weighted by molar-refractivity contribution is 0.592. The summed E-state index contributed by atoms with van der Waals surface area (Å²) in [5, 5.41) is 2.63. The van der Waals surface area contributed by atoms with E-state index >= 15 is 4.57 Å². The van der Waals surface area contributed by atoms with Crippen LogP contribution in [0.25, 0.3) is 22.3 Å². The Morgan fingerprint density at radius 2 is 0.769 bits per heavy atom. The average Bonchev–Trinajstić information content (AvgIpc) is 3.49. The zero-order valence-corrected chi connectivity index (χ0v) is 22.2. The second-order valence-corrected chi connectivity index (χ2v) is 13.1. The van der Waals surface area contributed by atoms with E-state index in [-0.39, 0.29) is 0 Å². The van der Waals surface area contributed by atoms with Crippen LogP contribution in [-0.4, -0.2) is 0 Å². The summed E-state index contributed by atoms with van der Waals surface area (Å²) in [6, 6.07) is 52.8. The summed E-state index contributed by atoms with van der Waals surface area (Å²) in [6.07, 6.45) is 0. The molecule has 0 radical (unpaired) electrons. The molecule has 0 amide bonds. The molecule has 1 spiro atoms. The molecule has 184 valence electrons. The number of benzene rings is 6. The first-order chi connectivity index (χ1) is 19.3. The van der Waals surface area contributed by atoms with E-state index in [0.29, 0.717) is 0 Å². The standard InChI is InChI=1S/C37H25OP/c38-39(26-14-3-1-4-15-26,27-16-5-2-6-17-27)35-25-13-21-31-30-20-9-12-24-34(30)37(36(31)35)32-22-10-7-18-28(32)29-19-8-11-23-33(29)37/h1-25H. The van der Waals surface area contributed by atoms with Gasteiger partial charge in [-0.1, -0.05) is 152 Å². The molecule has 0 atom stereocenters. The maximum atomic E-state index is 15.9. The fourth-order valence-electron chi connectivity index (χ4n) is 7.10. The monoisotopic (exact) mass is 516 g/mol. The third-order valence-corrected chi connectivity index (χ3v) is 11.7. The van der Waals surface area contributed by atoms with Gasteiger partial charge in [-0.15, -0.1) is 0 Å². The Hall–Kier alpha value is -4.45. The fourth-order valence-corrected chi connectivity index (χ4v) is 10.0. The van der Waals surface area contributed by atoms with E-state index in [4.69, 9.17) is 0 Å². The van der Waals surface area contributed by atoms with Crippen LogP contribution in [0.3, 0.4) is 0 Å². The lowest BCUT2D eigenvalue weighted by atomic mass is 9.70. The molecule has 2 aliphatic carbocycles. The summed E-state index contributed by atoms with van der Waals surface area (Å²) in [5.41, 5.74) is 9.27. The predicted molar refractivity (Wildman–Crippen MR) is 162 cm³/mol. The lowest BCUT2D eigenvalue weighted by Crippen LogP contribution is -2.35. The number of fused-ring (bicyclic) bond motifs is 10. The topological polar surface area (TPSA) is 17.1 Å². The van der Waals surface area contributed by atoms with E-state index in [0.717, 1.165) is 21.5 Å². The van der Waals surface area contributed by atoms with Gasteiger partial charge in [-0.2, -0.15) is 0 Å². The zero-order valence-electron chi connectivity index (χ0n) is 21.3. The van der Waals surface area contributed by atoms with Crippen LogP contribution in [-0.2, 0) is 9.98 Å². The van der Waals surface area contributed by atoms with Gasteiger partial charge in [0.1, 0.15) is 0 Å². The Morgan fingerprint density at radius 3 is 1.26 bits per heavy atom. The Kier molecular flexibility index (Phi) is 4.78. The molecule has 0 aliphatic heterocycles. The molecule has 39 heavy (non-hydrogen) atoms. The smallest absolute Gasteiger partial charge is 0.171 e. The van der Waals surface area contributed by atoms with Crippen LogP contribution in [0.1, 0.15) is 22.3 Å². The van der Waals surface area contributed by atoms with Crippen molar-refractivity contribution in [2.45, 2.75) is 5.41 Å². The Labute approximate surface area is 228 Å². The maximum Gasteiger partial charge on any atom is 0.171 e. The zero-order chi connectivity index (χ0) is 26.0. The van der Waals surface area contributed by atoms with Crippen LogP contribution in [0.15, 0.2) is 152 Å². The molecule has 8 rings (SSSR count). The molecule has 6 aromatic carbocycles. The maximum absolute atomic E-state index is 15.9. The first kappa shape index (κ1) is 22.5. The van der Waals surface area contributed by atoms with Crippen LogP contribution in [0.5, 0.6) is 0 Å².